The quantitative estimate of drug-likeness (QED) is 0.399. The first kappa shape index (κ1) is 17.8. The predicted octanol–water partition coefficient (Wildman–Crippen LogP) is 3.89. The van der Waals surface area contributed by atoms with E-state index in [1.807, 2.05) is 13.8 Å². The number of nitrogens with zero attached hydrogens (tertiary/aromatic N) is 5. The number of non-ortho nitro benzene ring substituents is 1. The molecular formula is C17H14N6O4S. The Balaban J connectivity index is 1.56. The van der Waals surface area contributed by atoms with Gasteiger partial charge >= 0.3 is 6.01 Å². The number of carbonyl (C=O) groups is 1. The first-order valence-corrected chi connectivity index (χ1v) is 9.11. The van der Waals surface area contributed by atoms with E-state index in [1.54, 1.807) is 29.1 Å². The Hall–Kier alpha value is -3.60. The Labute approximate surface area is 162 Å². The van der Waals surface area contributed by atoms with Crippen molar-refractivity contribution in [2.75, 3.05) is 5.32 Å². The maximum absolute atomic E-state index is 12.5. The number of nitro benzene ring substituents is 1. The summed E-state index contributed by atoms with van der Waals surface area (Å²) < 4.78 is 8.04. The minimum absolute atomic E-state index is 0.0273. The summed E-state index contributed by atoms with van der Waals surface area (Å²) in [5, 5.41) is 26.1. The van der Waals surface area contributed by atoms with Gasteiger partial charge in [0.15, 0.2) is 0 Å². The Bertz CT molecular complexity index is 1190. The van der Waals surface area contributed by atoms with Crippen molar-refractivity contribution >= 4 is 39.0 Å². The Kier molecular flexibility index (Phi) is 4.35. The number of nitro groups is 1. The fourth-order valence-corrected chi connectivity index (χ4v) is 3.63. The number of anilines is 1. The topological polar surface area (TPSA) is 129 Å². The molecule has 142 valence electrons. The standard InChI is InChI=1S/C17H14N6O4S/c1-9(2)22-12(5-6-18-22)16-20-21-17(27-16)19-15(24)14-8-10-7-11(23(25)26)3-4-13(10)28-14/h3-9H,1-2H3,(H,19,21,24). The maximum atomic E-state index is 12.5. The molecule has 3 aromatic heterocycles. The van der Waals surface area contributed by atoms with Crippen molar-refractivity contribution in [1.82, 2.24) is 20.0 Å². The zero-order valence-corrected chi connectivity index (χ0v) is 15.6. The zero-order chi connectivity index (χ0) is 19.8. The highest BCUT2D eigenvalue weighted by Crippen LogP contribution is 2.29. The summed E-state index contributed by atoms with van der Waals surface area (Å²) in [6.07, 6.45) is 1.63. The fourth-order valence-electron chi connectivity index (χ4n) is 2.69. The molecule has 4 aromatic rings. The second-order valence-corrected chi connectivity index (χ2v) is 7.29. The van der Waals surface area contributed by atoms with E-state index in [1.165, 1.54) is 23.5 Å². The average Bonchev–Trinajstić information content (AvgIpc) is 3.39. The van der Waals surface area contributed by atoms with E-state index in [9.17, 15) is 14.9 Å². The van der Waals surface area contributed by atoms with Gasteiger partial charge in [-0.05, 0) is 32.0 Å². The van der Waals surface area contributed by atoms with Crippen LogP contribution in [0.1, 0.15) is 29.6 Å². The van der Waals surface area contributed by atoms with Gasteiger partial charge in [0.25, 0.3) is 17.5 Å². The van der Waals surface area contributed by atoms with Gasteiger partial charge < -0.3 is 4.42 Å². The molecule has 0 bridgehead atoms. The zero-order valence-electron chi connectivity index (χ0n) is 14.8. The van der Waals surface area contributed by atoms with Crippen molar-refractivity contribution < 1.29 is 14.1 Å². The van der Waals surface area contributed by atoms with Crippen LogP contribution in [-0.4, -0.2) is 30.8 Å². The summed E-state index contributed by atoms with van der Waals surface area (Å²) in [5.41, 5.74) is 0.623. The molecule has 11 heteroatoms. The molecule has 3 heterocycles. The van der Waals surface area contributed by atoms with Crippen LogP contribution < -0.4 is 5.32 Å². The van der Waals surface area contributed by atoms with Gasteiger partial charge in [-0.25, -0.2) is 0 Å². The van der Waals surface area contributed by atoms with Crippen molar-refractivity contribution in [3.63, 3.8) is 0 Å². The lowest BCUT2D eigenvalue weighted by Crippen LogP contribution is -2.10. The predicted molar refractivity (Wildman–Crippen MR) is 102 cm³/mol. The van der Waals surface area contributed by atoms with Crippen LogP contribution in [0.4, 0.5) is 11.7 Å². The smallest absolute Gasteiger partial charge is 0.322 e. The van der Waals surface area contributed by atoms with Crippen LogP contribution in [0.3, 0.4) is 0 Å². The Morgan fingerprint density at radius 2 is 2.11 bits per heavy atom. The fraction of sp³-hybridized carbons (Fsp3) is 0.176. The largest absolute Gasteiger partial charge is 0.401 e. The highest BCUT2D eigenvalue weighted by molar-refractivity contribution is 7.20. The van der Waals surface area contributed by atoms with E-state index in [2.05, 4.69) is 20.6 Å². The number of hydrogen-bond acceptors (Lipinski definition) is 8. The van der Waals surface area contributed by atoms with E-state index in [-0.39, 0.29) is 23.6 Å². The molecule has 0 radical (unpaired) electrons. The van der Waals surface area contributed by atoms with Gasteiger partial charge in [-0.3, -0.25) is 24.9 Å². The third-order valence-corrected chi connectivity index (χ3v) is 5.07. The van der Waals surface area contributed by atoms with Crippen LogP contribution >= 0.6 is 11.3 Å². The molecule has 0 aliphatic carbocycles. The van der Waals surface area contributed by atoms with Gasteiger partial charge in [-0.1, -0.05) is 5.10 Å². The Morgan fingerprint density at radius 3 is 2.86 bits per heavy atom. The maximum Gasteiger partial charge on any atom is 0.322 e. The summed E-state index contributed by atoms with van der Waals surface area (Å²) in [7, 11) is 0. The number of fused-ring (bicyclic) bond motifs is 1. The molecule has 0 fully saturated rings. The summed E-state index contributed by atoms with van der Waals surface area (Å²) in [5.74, 6) is -0.190. The van der Waals surface area contributed by atoms with Gasteiger partial charge in [-0.2, -0.15) is 5.10 Å². The molecule has 0 unspecified atom stereocenters. The highest BCUT2D eigenvalue weighted by Gasteiger charge is 2.18. The second kappa shape index (κ2) is 6.85. The van der Waals surface area contributed by atoms with Crippen molar-refractivity contribution in [2.24, 2.45) is 0 Å². The molecule has 1 N–H and O–H groups in total. The van der Waals surface area contributed by atoms with Gasteiger partial charge in [0, 0.05) is 34.5 Å². The molecule has 0 atom stereocenters. The van der Waals surface area contributed by atoms with Gasteiger partial charge in [-0.15, -0.1) is 16.4 Å². The minimum Gasteiger partial charge on any atom is -0.401 e. The first-order chi connectivity index (χ1) is 13.4. The van der Waals surface area contributed by atoms with Crippen molar-refractivity contribution in [1.29, 1.82) is 0 Å². The van der Waals surface area contributed by atoms with Crippen molar-refractivity contribution in [2.45, 2.75) is 19.9 Å². The van der Waals surface area contributed by atoms with Gasteiger partial charge in [0.1, 0.15) is 5.69 Å². The molecule has 0 aliphatic rings. The SMILES string of the molecule is CC(C)n1nccc1-c1nnc(NC(=O)c2cc3cc([N+](=O)[O-])ccc3s2)o1. The second-order valence-electron chi connectivity index (χ2n) is 6.21. The third kappa shape index (κ3) is 3.22. The summed E-state index contributed by atoms with van der Waals surface area (Å²) in [6.45, 7) is 3.95. The monoisotopic (exact) mass is 398 g/mol. The number of hydrogen-bond donors (Lipinski definition) is 1. The number of carbonyl (C=O) groups excluding carboxylic acids is 1. The molecule has 4 rings (SSSR count). The third-order valence-electron chi connectivity index (χ3n) is 3.96. The first-order valence-electron chi connectivity index (χ1n) is 8.29. The number of benzene rings is 1. The van der Waals surface area contributed by atoms with Crippen LogP contribution in [0.25, 0.3) is 21.7 Å². The minimum atomic E-state index is -0.474. The molecule has 10 nitrogen and oxygen atoms in total. The number of nitrogens with one attached hydrogen (secondary N) is 1. The van der Waals surface area contributed by atoms with Gasteiger partial charge in [0.2, 0.25) is 0 Å². The number of rotatable bonds is 5. The van der Waals surface area contributed by atoms with Crippen LogP contribution in [0.5, 0.6) is 0 Å². The van der Waals surface area contributed by atoms with Crippen LogP contribution in [0.15, 0.2) is 40.9 Å². The highest BCUT2D eigenvalue weighted by atomic mass is 32.1. The molecule has 1 amide bonds. The molecule has 0 spiro atoms. The van der Waals surface area contributed by atoms with Crippen molar-refractivity contribution in [3.8, 4) is 11.6 Å². The lowest BCUT2D eigenvalue weighted by atomic mass is 10.2. The molecule has 28 heavy (non-hydrogen) atoms. The van der Waals surface area contributed by atoms with Crippen LogP contribution in [0, 0.1) is 10.1 Å². The number of aromatic nitrogens is 4. The molecule has 0 aliphatic heterocycles. The van der Waals surface area contributed by atoms with E-state index >= 15 is 0 Å². The van der Waals surface area contributed by atoms with E-state index in [4.69, 9.17) is 4.42 Å². The molecular weight excluding hydrogens is 384 g/mol. The van der Waals surface area contributed by atoms with Gasteiger partial charge in [0.05, 0.1) is 9.80 Å². The molecule has 0 saturated heterocycles. The normalized spacial score (nSPS) is 11.2. The summed E-state index contributed by atoms with van der Waals surface area (Å²) in [4.78, 5) is 23.3. The van der Waals surface area contributed by atoms with Crippen molar-refractivity contribution in [3.05, 3.63) is 51.5 Å². The van der Waals surface area contributed by atoms with Crippen LogP contribution in [0.2, 0.25) is 0 Å². The number of amides is 1. The molecule has 1 aromatic carbocycles. The lowest BCUT2D eigenvalue weighted by molar-refractivity contribution is -0.384. The lowest BCUT2D eigenvalue weighted by Gasteiger charge is -2.07. The van der Waals surface area contributed by atoms with E-state index < -0.39 is 10.8 Å². The molecule has 0 saturated carbocycles. The number of thiophene rings is 1. The Morgan fingerprint density at radius 1 is 1.29 bits per heavy atom. The average molecular weight is 398 g/mol. The summed E-state index contributed by atoms with van der Waals surface area (Å²) >= 11 is 1.22. The van der Waals surface area contributed by atoms with E-state index in [0.29, 0.717) is 16.0 Å². The van der Waals surface area contributed by atoms with E-state index in [0.717, 1.165) is 4.70 Å². The summed E-state index contributed by atoms with van der Waals surface area (Å²) in [6, 6.07) is 7.86. The van der Waals surface area contributed by atoms with Crippen LogP contribution in [-0.2, 0) is 0 Å².